The summed E-state index contributed by atoms with van der Waals surface area (Å²) in [6, 6.07) is 5.50. The Bertz CT molecular complexity index is 646. The van der Waals surface area contributed by atoms with Crippen molar-refractivity contribution in [1.82, 2.24) is 10.3 Å². The summed E-state index contributed by atoms with van der Waals surface area (Å²) in [5.74, 6) is -0.956. The molecular formula is C16H18F3N3O4. The van der Waals surface area contributed by atoms with Gasteiger partial charge < -0.3 is 19.9 Å². The van der Waals surface area contributed by atoms with E-state index in [1.54, 1.807) is 12.1 Å². The lowest BCUT2D eigenvalue weighted by Gasteiger charge is -2.15. The fourth-order valence-electron chi connectivity index (χ4n) is 2.84. The zero-order chi connectivity index (χ0) is 19.2. The van der Waals surface area contributed by atoms with Gasteiger partial charge in [0.05, 0.1) is 24.9 Å². The first-order valence-corrected chi connectivity index (χ1v) is 7.92. The van der Waals surface area contributed by atoms with Crippen molar-refractivity contribution in [3.8, 4) is 11.9 Å². The fourth-order valence-corrected chi connectivity index (χ4v) is 2.84. The number of ether oxygens (including phenoxy) is 2. The number of nitriles is 1. The molecule has 0 unspecified atom stereocenters. The molecule has 26 heavy (non-hydrogen) atoms. The van der Waals surface area contributed by atoms with Crippen molar-refractivity contribution in [1.29, 1.82) is 5.26 Å². The Balaban J connectivity index is 0.000000298. The Morgan fingerprint density at radius 3 is 2.77 bits per heavy atom. The molecule has 2 aliphatic rings. The highest BCUT2D eigenvalue weighted by Gasteiger charge is 2.40. The molecule has 0 aliphatic carbocycles. The van der Waals surface area contributed by atoms with Gasteiger partial charge in [-0.1, -0.05) is 0 Å². The predicted octanol–water partition coefficient (Wildman–Crippen LogP) is 1.59. The van der Waals surface area contributed by atoms with Crippen LogP contribution in [0.4, 0.5) is 13.2 Å². The van der Waals surface area contributed by atoms with Gasteiger partial charge in [0, 0.05) is 31.3 Å². The van der Waals surface area contributed by atoms with Gasteiger partial charge in [-0.2, -0.15) is 18.4 Å². The summed E-state index contributed by atoms with van der Waals surface area (Å²) in [5.41, 5.74) is 0.552. The monoisotopic (exact) mass is 373 g/mol. The maximum absolute atomic E-state index is 10.6. The highest BCUT2D eigenvalue weighted by Crippen LogP contribution is 2.31. The first-order chi connectivity index (χ1) is 12.3. The second-order valence-corrected chi connectivity index (χ2v) is 5.89. The first kappa shape index (κ1) is 19.9. The number of hydrogen-bond donors (Lipinski definition) is 2. The summed E-state index contributed by atoms with van der Waals surface area (Å²) < 4.78 is 43.1. The van der Waals surface area contributed by atoms with E-state index in [1.165, 1.54) is 6.20 Å². The minimum atomic E-state index is -5.08. The van der Waals surface area contributed by atoms with Gasteiger partial charge in [-0.15, -0.1) is 0 Å². The van der Waals surface area contributed by atoms with E-state index in [2.05, 4.69) is 10.3 Å². The Morgan fingerprint density at radius 1 is 1.46 bits per heavy atom. The molecule has 0 radical (unpaired) electrons. The summed E-state index contributed by atoms with van der Waals surface area (Å²) in [7, 11) is 0. The molecule has 7 nitrogen and oxygen atoms in total. The lowest BCUT2D eigenvalue weighted by molar-refractivity contribution is -0.192. The first-order valence-electron chi connectivity index (χ1n) is 7.92. The predicted molar refractivity (Wildman–Crippen MR) is 82.3 cm³/mol. The van der Waals surface area contributed by atoms with Crippen LogP contribution in [0, 0.1) is 23.2 Å². The molecule has 0 spiro atoms. The Hall–Kier alpha value is -2.38. The van der Waals surface area contributed by atoms with Crippen LogP contribution in [0.15, 0.2) is 18.3 Å². The van der Waals surface area contributed by atoms with E-state index in [0.717, 1.165) is 26.1 Å². The van der Waals surface area contributed by atoms with Crippen LogP contribution in [-0.2, 0) is 9.53 Å². The second-order valence-electron chi connectivity index (χ2n) is 5.89. The van der Waals surface area contributed by atoms with Crippen molar-refractivity contribution < 1.29 is 32.5 Å². The number of rotatable bonds is 4. The third kappa shape index (κ3) is 5.57. The van der Waals surface area contributed by atoms with E-state index in [1.807, 2.05) is 6.07 Å². The number of pyridine rings is 1. The van der Waals surface area contributed by atoms with Crippen LogP contribution in [0.2, 0.25) is 0 Å². The largest absolute Gasteiger partial charge is 0.490 e. The SMILES string of the molecule is N#Cc1ccc(OCC[C@H]2CO[C@H]3CNC[C@@H]23)nc1.O=C(O)C(F)(F)F. The van der Waals surface area contributed by atoms with Gasteiger partial charge in [-0.25, -0.2) is 9.78 Å². The fraction of sp³-hybridized carbons (Fsp3) is 0.562. The van der Waals surface area contributed by atoms with Crippen LogP contribution in [0.3, 0.4) is 0 Å². The summed E-state index contributed by atoms with van der Waals surface area (Å²) in [6.07, 6.45) is -2.16. The van der Waals surface area contributed by atoms with Crippen LogP contribution < -0.4 is 10.1 Å². The zero-order valence-corrected chi connectivity index (χ0v) is 13.7. The van der Waals surface area contributed by atoms with Crippen molar-refractivity contribution in [2.45, 2.75) is 18.7 Å². The Kier molecular flexibility index (Phi) is 6.76. The van der Waals surface area contributed by atoms with Gasteiger partial charge in [0.25, 0.3) is 0 Å². The van der Waals surface area contributed by atoms with Crippen LogP contribution >= 0.6 is 0 Å². The number of carbonyl (C=O) groups is 1. The number of aliphatic carboxylic acids is 1. The molecule has 2 saturated heterocycles. The van der Waals surface area contributed by atoms with Crippen LogP contribution in [0.1, 0.15) is 12.0 Å². The Morgan fingerprint density at radius 2 is 2.19 bits per heavy atom. The minimum Gasteiger partial charge on any atom is -0.478 e. The molecule has 3 atom stereocenters. The lowest BCUT2D eigenvalue weighted by Crippen LogP contribution is -2.21. The number of nitrogens with one attached hydrogen (secondary N) is 1. The molecule has 1 aromatic heterocycles. The molecule has 142 valence electrons. The van der Waals surface area contributed by atoms with Gasteiger partial charge in [0.1, 0.15) is 6.07 Å². The summed E-state index contributed by atoms with van der Waals surface area (Å²) in [6.45, 7) is 3.54. The maximum atomic E-state index is 10.6. The quantitative estimate of drug-likeness (QED) is 0.826. The molecular weight excluding hydrogens is 355 g/mol. The van der Waals surface area contributed by atoms with Crippen LogP contribution in [0.25, 0.3) is 0 Å². The normalized spacial score (nSPS) is 24.2. The van der Waals surface area contributed by atoms with Gasteiger partial charge in [0.15, 0.2) is 0 Å². The standard InChI is InChI=1S/C14H17N3O2.C2HF3O2/c15-5-10-1-2-14(17-6-10)18-4-3-11-9-19-13-8-16-7-12(11)13;3-2(4,5)1(6)7/h1-2,6,11-13,16H,3-4,7-9H2;(H,6,7)/t11-,12-,13-;/m0./s1. The highest BCUT2D eigenvalue weighted by molar-refractivity contribution is 5.73. The number of fused-ring (bicyclic) bond motifs is 1. The van der Waals surface area contributed by atoms with Gasteiger partial charge in [0.2, 0.25) is 5.88 Å². The number of carboxylic acids is 1. The maximum Gasteiger partial charge on any atom is 0.490 e. The van der Waals surface area contributed by atoms with E-state index in [0.29, 0.717) is 36.0 Å². The van der Waals surface area contributed by atoms with Crippen LogP contribution in [-0.4, -0.2) is 54.6 Å². The summed E-state index contributed by atoms with van der Waals surface area (Å²) >= 11 is 0. The van der Waals surface area contributed by atoms with Crippen molar-refractivity contribution in [2.75, 3.05) is 26.3 Å². The summed E-state index contributed by atoms with van der Waals surface area (Å²) in [4.78, 5) is 13.0. The number of alkyl halides is 3. The molecule has 0 saturated carbocycles. The van der Waals surface area contributed by atoms with E-state index in [4.69, 9.17) is 24.6 Å². The minimum absolute atomic E-state index is 0.401. The van der Waals surface area contributed by atoms with Crippen molar-refractivity contribution in [2.24, 2.45) is 11.8 Å². The highest BCUT2D eigenvalue weighted by atomic mass is 19.4. The van der Waals surface area contributed by atoms with Gasteiger partial charge in [-0.05, 0) is 18.4 Å². The molecule has 0 bridgehead atoms. The van der Waals surface area contributed by atoms with E-state index in [9.17, 15) is 13.2 Å². The molecule has 0 amide bonds. The van der Waals surface area contributed by atoms with E-state index in [-0.39, 0.29) is 0 Å². The van der Waals surface area contributed by atoms with Crippen LogP contribution in [0.5, 0.6) is 5.88 Å². The van der Waals surface area contributed by atoms with Crippen molar-refractivity contribution in [3.63, 3.8) is 0 Å². The van der Waals surface area contributed by atoms with Gasteiger partial charge in [-0.3, -0.25) is 0 Å². The topological polar surface area (TPSA) is 104 Å². The lowest BCUT2D eigenvalue weighted by atomic mass is 9.91. The second kappa shape index (κ2) is 8.82. The Labute approximate surface area is 147 Å². The smallest absolute Gasteiger partial charge is 0.478 e. The molecule has 10 heteroatoms. The van der Waals surface area contributed by atoms with Crippen molar-refractivity contribution >= 4 is 5.97 Å². The number of aromatic nitrogens is 1. The van der Waals surface area contributed by atoms with Crippen molar-refractivity contribution in [3.05, 3.63) is 23.9 Å². The average molecular weight is 373 g/mol. The molecule has 2 fully saturated rings. The number of nitrogens with zero attached hydrogens (tertiary/aromatic N) is 2. The molecule has 3 heterocycles. The summed E-state index contributed by atoms with van der Waals surface area (Å²) in [5, 5.41) is 19.2. The number of hydrogen-bond acceptors (Lipinski definition) is 6. The molecule has 0 aromatic carbocycles. The van der Waals surface area contributed by atoms with E-state index >= 15 is 0 Å². The molecule has 2 N–H and O–H groups in total. The van der Waals surface area contributed by atoms with E-state index < -0.39 is 12.1 Å². The molecule has 2 aliphatic heterocycles. The third-order valence-corrected chi connectivity index (χ3v) is 4.18. The average Bonchev–Trinajstić information content (AvgIpc) is 3.20. The number of halogens is 3. The third-order valence-electron chi connectivity index (χ3n) is 4.18. The van der Waals surface area contributed by atoms with Gasteiger partial charge >= 0.3 is 12.1 Å². The molecule has 3 rings (SSSR count). The number of carboxylic acid groups (broad SMARTS) is 1. The zero-order valence-electron chi connectivity index (χ0n) is 13.7. The molecule has 1 aromatic rings.